The summed E-state index contributed by atoms with van der Waals surface area (Å²) in [6, 6.07) is 11.5. The number of pyridine rings is 1. The molecule has 2 saturated heterocycles. The molecular weight excluding hydrogens is 418 g/mol. The maximum absolute atomic E-state index is 6.04. The largest absolute Gasteiger partial charge is 0.476 e. The molecule has 0 saturated carbocycles. The lowest BCUT2D eigenvalue weighted by atomic mass is 10.2. The summed E-state index contributed by atoms with van der Waals surface area (Å²) >= 11 is 6.04. The SMILES string of the molecule is Clc1cccc(/C=N/Nc2cc(N3CCOCC3)cc(OCCN3CCOCC3)n2)c1. The van der Waals surface area contributed by atoms with E-state index in [1.807, 2.05) is 36.4 Å². The molecule has 0 atom stereocenters. The van der Waals surface area contributed by atoms with Crippen molar-refractivity contribution in [2.24, 2.45) is 5.10 Å². The van der Waals surface area contributed by atoms with Gasteiger partial charge in [-0.3, -0.25) is 10.3 Å². The molecule has 2 aliphatic heterocycles. The second-order valence-electron chi connectivity index (χ2n) is 7.38. The summed E-state index contributed by atoms with van der Waals surface area (Å²) in [6.45, 7) is 7.97. The molecule has 0 aliphatic carbocycles. The van der Waals surface area contributed by atoms with Gasteiger partial charge in [-0.05, 0) is 17.7 Å². The molecule has 2 fully saturated rings. The Morgan fingerprint density at radius 1 is 1.06 bits per heavy atom. The molecule has 0 unspecified atom stereocenters. The van der Waals surface area contributed by atoms with Gasteiger partial charge >= 0.3 is 0 Å². The van der Waals surface area contributed by atoms with Crippen LogP contribution in [0.3, 0.4) is 0 Å². The number of nitrogens with zero attached hydrogens (tertiary/aromatic N) is 4. The number of rotatable bonds is 8. The van der Waals surface area contributed by atoms with Gasteiger partial charge in [-0.2, -0.15) is 10.1 Å². The van der Waals surface area contributed by atoms with Crippen molar-refractivity contribution in [3.63, 3.8) is 0 Å². The summed E-state index contributed by atoms with van der Waals surface area (Å²) in [7, 11) is 0. The third-order valence-corrected chi connectivity index (χ3v) is 5.40. The summed E-state index contributed by atoms with van der Waals surface area (Å²) < 4.78 is 16.9. The zero-order valence-corrected chi connectivity index (χ0v) is 18.3. The Morgan fingerprint density at radius 3 is 2.61 bits per heavy atom. The highest BCUT2D eigenvalue weighted by Gasteiger charge is 2.15. The van der Waals surface area contributed by atoms with Crippen LogP contribution in [0, 0.1) is 0 Å². The number of aromatic nitrogens is 1. The highest BCUT2D eigenvalue weighted by Crippen LogP contribution is 2.25. The molecular formula is C22H28ClN5O3. The zero-order chi connectivity index (χ0) is 21.3. The molecule has 0 spiro atoms. The lowest BCUT2D eigenvalue weighted by molar-refractivity contribution is 0.0320. The van der Waals surface area contributed by atoms with Gasteiger partial charge in [0.25, 0.3) is 0 Å². The Morgan fingerprint density at radius 2 is 1.84 bits per heavy atom. The monoisotopic (exact) mass is 445 g/mol. The first-order valence-electron chi connectivity index (χ1n) is 10.6. The van der Waals surface area contributed by atoms with Gasteiger partial charge in [0.05, 0.1) is 32.6 Å². The van der Waals surface area contributed by atoms with Crippen molar-refractivity contribution in [2.75, 3.05) is 76.1 Å². The topological polar surface area (TPSA) is 71.5 Å². The molecule has 166 valence electrons. The Labute approximate surface area is 187 Å². The van der Waals surface area contributed by atoms with E-state index in [0.29, 0.717) is 36.5 Å². The number of halogens is 1. The molecule has 0 amide bonds. The molecule has 1 aromatic carbocycles. The van der Waals surface area contributed by atoms with Crippen LogP contribution in [0.2, 0.25) is 5.02 Å². The van der Waals surface area contributed by atoms with Crippen LogP contribution in [0.15, 0.2) is 41.5 Å². The van der Waals surface area contributed by atoms with Crippen LogP contribution >= 0.6 is 11.6 Å². The predicted octanol–water partition coefficient (Wildman–Crippen LogP) is 2.73. The van der Waals surface area contributed by atoms with Crippen molar-refractivity contribution in [3.05, 3.63) is 47.0 Å². The van der Waals surface area contributed by atoms with Crippen LogP contribution in [-0.2, 0) is 9.47 Å². The van der Waals surface area contributed by atoms with Gasteiger partial charge in [-0.1, -0.05) is 23.7 Å². The maximum Gasteiger partial charge on any atom is 0.217 e. The number of hydrogen-bond donors (Lipinski definition) is 1. The number of morpholine rings is 2. The Balaban J connectivity index is 1.43. The summed E-state index contributed by atoms with van der Waals surface area (Å²) in [5, 5.41) is 4.99. The molecule has 4 rings (SSSR count). The number of hydrogen-bond acceptors (Lipinski definition) is 8. The quantitative estimate of drug-likeness (QED) is 0.494. The highest BCUT2D eigenvalue weighted by molar-refractivity contribution is 6.30. The van der Waals surface area contributed by atoms with E-state index in [-0.39, 0.29) is 0 Å². The van der Waals surface area contributed by atoms with E-state index >= 15 is 0 Å². The van der Waals surface area contributed by atoms with E-state index < -0.39 is 0 Å². The van der Waals surface area contributed by atoms with Crippen molar-refractivity contribution in [2.45, 2.75) is 0 Å². The minimum Gasteiger partial charge on any atom is -0.476 e. The average Bonchev–Trinajstić information content (AvgIpc) is 2.80. The number of ether oxygens (including phenoxy) is 3. The Hall–Kier alpha value is -2.39. The normalized spacial score (nSPS) is 17.8. The second kappa shape index (κ2) is 11.3. The lowest BCUT2D eigenvalue weighted by Gasteiger charge is -2.29. The van der Waals surface area contributed by atoms with Crippen LogP contribution in [0.25, 0.3) is 0 Å². The first-order chi connectivity index (χ1) is 15.3. The number of anilines is 2. The first-order valence-corrected chi connectivity index (χ1v) is 11.0. The molecule has 9 heteroatoms. The van der Waals surface area contributed by atoms with Gasteiger partial charge in [0.1, 0.15) is 6.61 Å². The molecule has 1 N–H and O–H groups in total. The van der Waals surface area contributed by atoms with Crippen molar-refractivity contribution in [3.8, 4) is 5.88 Å². The van der Waals surface area contributed by atoms with E-state index in [9.17, 15) is 0 Å². The molecule has 0 radical (unpaired) electrons. The minimum atomic E-state index is 0.574. The van der Waals surface area contributed by atoms with Gasteiger partial charge in [-0.15, -0.1) is 0 Å². The maximum atomic E-state index is 6.04. The van der Waals surface area contributed by atoms with Crippen molar-refractivity contribution >= 4 is 29.3 Å². The summed E-state index contributed by atoms with van der Waals surface area (Å²) in [6.07, 6.45) is 1.72. The molecule has 1 aromatic heterocycles. The van der Waals surface area contributed by atoms with Gasteiger partial charge < -0.3 is 19.1 Å². The minimum absolute atomic E-state index is 0.574. The van der Waals surface area contributed by atoms with Crippen LogP contribution in [0.4, 0.5) is 11.5 Å². The van der Waals surface area contributed by atoms with Gasteiger partial charge in [0.15, 0.2) is 5.82 Å². The third-order valence-electron chi connectivity index (χ3n) is 5.17. The molecule has 3 heterocycles. The predicted molar refractivity (Wildman–Crippen MR) is 123 cm³/mol. The van der Waals surface area contributed by atoms with E-state index in [1.165, 1.54) is 0 Å². The fraction of sp³-hybridized carbons (Fsp3) is 0.455. The van der Waals surface area contributed by atoms with Crippen molar-refractivity contribution in [1.82, 2.24) is 9.88 Å². The number of benzene rings is 1. The first kappa shape index (κ1) is 21.8. The van der Waals surface area contributed by atoms with Crippen LogP contribution < -0.4 is 15.1 Å². The summed E-state index contributed by atoms with van der Waals surface area (Å²) in [4.78, 5) is 9.19. The third kappa shape index (κ3) is 6.80. The zero-order valence-electron chi connectivity index (χ0n) is 17.5. The van der Waals surface area contributed by atoms with Crippen molar-refractivity contribution < 1.29 is 14.2 Å². The Bertz CT molecular complexity index is 870. The second-order valence-corrected chi connectivity index (χ2v) is 7.81. The molecule has 2 aromatic rings. The number of hydrazone groups is 1. The van der Waals surface area contributed by atoms with Gasteiger partial charge in [-0.25, -0.2) is 0 Å². The fourth-order valence-electron chi connectivity index (χ4n) is 3.49. The van der Waals surface area contributed by atoms with Gasteiger partial charge in [0, 0.05) is 55.6 Å². The molecule has 2 aliphatic rings. The molecule has 31 heavy (non-hydrogen) atoms. The standard InChI is InChI=1S/C22H28ClN5O3/c23-19-3-1-2-18(14-19)17-24-26-21-15-20(28-7-11-30-12-8-28)16-22(25-21)31-13-6-27-4-9-29-10-5-27/h1-3,14-17H,4-13H2,(H,25,26)/b24-17+. The van der Waals surface area contributed by atoms with Crippen LogP contribution in [0.5, 0.6) is 5.88 Å². The Kier molecular flexibility index (Phi) is 7.95. The van der Waals surface area contributed by atoms with E-state index in [0.717, 1.165) is 57.2 Å². The highest BCUT2D eigenvalue weighted by atomic mass is 35.5. The van der Waals surface area contributed by atoms with E-state index in [1.54, 1.807) is 6.21 Å². The van der Waals surface area contributed by atoms with Gasteiger partial charge in [0.2, 0.25) is 5.88 Å². The molecule has 8 nitrogen and oxygen atoms in total. The van der Waals surface area contributed by atoms with Crippen molar-refractivity contribution in [1.29, 1.82) is 0 Å². The van der Waals surface area contributed by atoms with Crippen LogP contribution in [0.1, 0.15) is 5.56 Å². The van der Waals surface area contributed by atoms with Crippen LogP contribution in [-0.4, -0.2) is 81.9 Å². The smallest absolute Gasteiger partial charge is 0.217 e. The summed E-state index contributed by atoms with van der Waals surface area (Å²) in [5.41, 5.74) is 4.97. The summed E-state index contributed by atoms with van der Waals surface area (Å²) in [5.74, 6) is 1.21. The van der Waals surface area contributed by atoms with E-state index in [4.69, 9.17) is 25.8 Å². The van der Waals surface area contributed by atoms with E-state index in [2.05, 4.69) is 25.3 Å². The number of nitrogens with one attached hydrogen (secondary N) is 1. The fourth-order valence-corrected chi connectivity index (χ4v) is 3.69. The lowest BCUT2D eigenvalue weighted by Crippen LogP contribution is -2.38. The average molecular weight is 446 g/mol. The molecule has 0 bridgehead atoms.